The van der Waals surface area contributed by atoms with Crippen LogP contribution >= 0.6 is 11.3 Å². The summed E-state index contributed by atoms with van der Waals surface area (Å²) in [4.78, 5) is 31.0. The lowest BCUT2D eigenvalue weighted by Gasteiger charge is -2.33. The topological polar surface area (TPSA) is 68.2 Å². The van der Waals surface area contributed by atoms with Crippen molar-refractivity contribution in [2.24, 2.45) is 5.92 Å². The standard InChI is InChI=1S/C21H22N4O2S/c1-27-21(26)14-6-4-10-25(12-14)19-17-15-7-2-8-16(15)28-20(17)24-18(23-19)13-5-3-9-22-11-13/h3,5,9,11,14H,2,4,6-8,10,12H2,1H3/t14-/m0/s1. The van der Waals surface area contributed by atoms with E-state index < -0.39 is 0 Å². The van der Waals surface area contributed by atoms with E-state index in [0.717, 1.165) is 48.4 Å². The number of thiophene rings is 1. The Morgan fingerprint density at radius 2 is 2.21 bits per heavy atom. The zero-order valence-corrected chi connectivity index (χ0v) is 16.7. The lowest BCUT2D eigenvalue weighted by atomic mass is 9.98. The molecule has 0 radical (unpaired) electrons. The number of aromatic nitrogens is 3. The summed E-state index contributed by atoms with van der Waals surface area (Å²) in [6, 6.07) is 3.90. The van der Waals surface area contributed by atoms with Crippen LogP contribution in [0.3, 0.4) is 0 Å². The third kappa shape index (κ3) is 2.94. The van der Waals surface area contributed by atoms with Crippen molar-refractivity contribution in [2.45, 2.75) is 32.1 Å². The van der Waals surface area contributed by atoms with Gasteiger partial charge in [0.1, 0.15) is 10.6 Å². The Labute approximate surface area is 167 Å². The van der Waals surface area contributed by atoms with Crippen molar-refractivity contribution >= 4 is 33.3 Å². The zero-order valence-electron chi connectivity index (χ0n) is 15.9. The summed E-state index contributed by atoms with van der Waals surface area (Å²) >= 11 is 1.80. The molecule has 1 fully saturated rings. The minimum absolute atomic E-state index is 0.0997. The number of carbonyl (C=O) groups is 1. The average Bonchev–Trinajstić information content (AvgIpc) is 3.34. The van der Waals surface area contributed by atoms with Crippen LogP contribution in [0, 0.1) is 5.92 Å². The SMILES string of the molecule is COC(=O)[C@H]1CCCN(c2nc(-c3cccnc3)nc3sc4c(c23)CCC4)C1. The highest BCUT2D eigenvalue weighted by Crippen LogP contribution is 2.42. The molecule has 2 aliphatic rings. The number of ether oxygens (including phenoxy) is 1. The van der Waals surface area contributed by atoms with Gasteiger partial charge in [-0.1, -0.05) is 0 Å². The molecule has 1 aliphatic heterocycles. The van der Waals surface area contributed by atoms with E-state index in [1.807, 2.05) is 12.1 Å². The van der Waals surface area contributed by atoms with Crippen molar-refractivity contribution in [2.75, 3.05) is 25.1 Å². The van der Waals surface area contributed by atoms with Crippen molar-refractivity contribution in [3.8, 4) is 11.4 Å². The smallest absolute Gasteiger partial charge is 0.310 e. The molecule has 5 rings (SSSR count). The molecule has 3 aromatic heterocycles. The molecule has 0 unspecified atom stereocenters. The number of carbonyl (C=O) groups excluding carboxylic acids is 1. The van der Waals surface area contributed by atoms with Crippen LogP contribution in [0.25, 0.3) is 21.6 Å². The Balaban J connectivity index is 1.64. The molecule has 7 heteroatoms. The minimum Gasteiger partial charge on any atom is -0.469 e. The van der Waals surface area contributed by atoms with Gasteiger partial charge in [-0.25, -0.2) is 9.97 Å². The molecule has 0 saturated carbocycles. The third-order valence-electron chi connectivity index (χ3n) is 5.72. The summed E-state index contributed by atoms with van der Waals surface area (Å²) in [6.07, 6.45) is 8.81. The Kier molecular flexibility index (Phi) is 4.47. The number of nitrogens with zero attached hydrogens (tertiary/aromatic N) is 4. The molecule has 28 heavy (non-hydrogen) atoms. The maximum Gasteiger partial charge on any atom is 0.310 e. The van der Waals surface area contributed by atoms with Crippen LogP contribution in [0.15, 0.2) is 24.5 Å². The fraction of sp³-hybridized carbons (Fsp3) is 0.429. The normalized spacial score (nSPS) is 19.0. The number of piperidine rings is 1. The predicted molar refractivity (Wildman–Crippen MR) is 110 cm³/mol. The monoisotopic (exact) mass is 394 g/mol. The Hall–Kier alpha value is -2.54. The van der Waals surface area contributed by atoms with E-state index in [9.17, 15) is 4.79 Å². The average molecular weight is 395 g/mol. The van der Waals surface area contributed by atoms with Gasteiger partial charge >= 0.3 is 5.97 Å². The van der Waals surface area contributed by atoms with E-state index in [1.165, 1.54) is 29.4 Å². The first-order valence-corrected chi connectivity index (χ1v) is 10.6. The molecule has 6 nitrogen and oxygen atoms in total. The van der Waals surface area contributed by atoms with E-state index in [1.54, 1.807) is 23.7 Å². The Morgan fingerprint density at radius 3 is 3.04 bits per heavy atom. The molecule has 3 aromatic rings. The molecular weight excluding hydrogens is 372 g/mol. The van der Waals surface area contributed by atoms with Gasteiger partial charge in [0.25, 0.3) is 0 Å². The molecule has 0 bridgehead atoms. The summed E-state index contributed by atoms with van der Waals surface area (Å²) < 4.78 is 5.01. The second-order valence-corrected chi connectivity index (χ2v) is 8.54. The predicted octanol–water partition coefficient (Wildman–Crippen LogP) is 3.63. The van der Waals surface area contributed by atoms with Crippen LogP contribution in [0.4, 0.5) is 5.82 Å². The van der Waals surface area contributed by atoms with Gasteiger partial charge in [-0.15, -0.1) is 11.3 Å². The van der Waals surface area contributed by atoms with Crippen molar-refractivity contribution < 1.29 is 9.53 Å². The Bertz CT molecular complexity index is 1030. The molecule has 1 atom stereocenters. The summed E-state index contributed by atoms with van der Waals surface area (Å²) in [7, 11) is 1.47. The fourth-order valence-electron chi connectivity index (χ4n) is 4.36. The molecule has 0 spiro atoms. The highest BCUT2D eigenvalue weighted by atomic mass is 32.1. The number of rotatable bonds is 3. The summed E-state index contributed by atoms with van der Waals surface area (Å²) in [5.74, 6) is 1.45. The van der Waals surface area contributed by atoms with Crippen molar-refractivity contribution in [3.05, 3.63) is 35.0 Å². The van der Waals surface area contributed by atoms with E-state index in [-0.39, 0.29) is 11.9 Å². The van der Waals surface area contributed by atoms with Gasteiger partial charge in [0.05, 0.1) is 18.4 Å². The van der Waals surface area contributed by atoms with E-state index in [2.05, 4.69) is 9.88 Å². The molecule has 0 aromatic carbocycles. The Morgan fingerprint density at radius 1 is 1.29 bits per heavy atom. The van der Waals surface area contributed by atoms with Gasteiger partial charge in [-0.2, -0.15) is 0 Å². The quantitative estimate of drug-likeness (QED) is 0.632. The van der Waals surface area contributed by atoms with Gasteiger partial charge in [-0.3, -0.25) is 9.78 Å². The number of hydrogen-bond donors (Lipinski definition) is 0. The van der Waals surface area contributed by atoms with Crippen LogP contribution in [0.1, 0.15) is 29.7 Å². The molecule has 144 valence electrons. The number of anilines is 1. The van der Waals surface area contributed by atoms with Crippen LogP contribution < -0.4 is 4.90 Å². The van der Waals surface area contributed by atoms with E-state index >= 15 is 0 Å². The van der Waals surface area contributed by atoms with Gasteiger partial charge in [0.2, 0.25) is 0 Å². The molecule has 0 amide bonds. The minimum atomic E-state index is -0.127. The number of methoxy groups -OCH3 is 1. The molecular formula is C21H22N4O2S. The van der Waals surface area contributed by atoms with Crippen LogP contribution in [0.5, 0.6) is 0 Å². The number of pyridine rings is 1. The van der Waals surface area contributed by atoms with E-state index in [4.69, 9.17) is 14.7 Å². The first-order chi connectivity index (χ1) is 13.7. The van der Waals surface area contributed by atoms with Crippen molar-refractivity contribution in [1.29, 1.82) is 0 Å². The summed E-state index contributed by atoms with van der Waals surface area (Å²) in [5.41, 5.74) is 2.33. The summed E-state index contributed by atoms with van der Waals surface area (Å²) in [6.45, 7) is 1.55. The zero-order chi connectivity index (χ0) is 19.1. The first kappa shape index (κ1) is 17.6. The molecule has 1 saturated heterocycles. The van der Waals surface area contributed by atoms with Crippen molar-refractivity contribution in [3.63, 3.8) is 0 Å². The lowest BCUT2D eigenvalue weighted by molar-refractivity contribution is -0.145. The van der Waals surface area contributed by atoms with Gasteiger partial charge in [0, 0.05) is 35.9 Å². The largest absolute Gasteiger partial charge is 0.469 e. The first-order valence-electron chi connectivity index (χ1n) is 9.80. The van der Waals surface area contributed by atoms with Crippen LogP contribution in [0.2, 0.25) is 0 Å². The molecule has 0 N–H and O–H groups in total. The second-order valence-electron chi connectivity index (χ2n) is 7.46. The van der Waals surface area contributed by atoms with Gasteiger partial charge < -0.3 is 9.64 Å². The van der Waals surface area contributed by atoms with Crippen LogP contribution in [-0.2, 0) is 22.4 Å². The number of fused-ring (bicyclic) bond motifs is 3. The maximum atomic E-state index is 12.1. The molecule has 4 heterocycles. The fourth-order valence-corrected chi connectivity index (χ4v) is 5.61. The maximum absolute atomic E-state index is 12.1. The van der Waals surface area contributed by atoms with Crippen LogP contribution in [-0.4, -0.2) is 41.1 Å². The van der Waals surface area contributed by atoms with Gasteiger partial charge in [0.15, 0.2) is 5.82 Å². The number of hydrogen-bond acceptors (Lipinski definition) is 7. The highest BCUT2D eigenvalue weighted by molar-refractivity contribution is 7.19. The third-order valence-corrected chi connectivity index (χ3v) is 6.91. The van der Waals surface area contributed by atoms with Crippen molar-refractivity contribution in [1.82, 2.24) is 15.0 Å². The summed E-state index contributed by atoms with van der Waals surface area (Å²) in [5, 5.41) is 1.19. The molecule has 1 aliphatic carbocycles. The number of esters is 1. The highest BCUT2D eigenvalue weighted by Gasteiger charge is 2.31. The second kappa shape index (κ2) is 7.13. The number of aryl methyl sites for hydroxylation is 2. The van der Waals surface area contributed by atoms with E-state index in [0.29, 0.717) is 12.4 Å². The lowest BCUT2D eigenvalue weighted by Crippen LogP contribution is -2.39. The van der Waals surface area contributed by atoms with Gasteiger partial charge in [-0.05, 0) is 49.8 Å².